The average molecular weight is 534 g/mol. The quantitative estimate of drug-likeness (QED) is 0.308. The zero-order chi connectivity index (χ0) is 25.8. The zero-order valence-electron chi connectivity index (χ0n) is 21.9. The lowest BCUT2D eigenvalue weighted by Gasteiger charge is -2.63. The molecular weight excluding hydrogens is 486 g/mol. The number of nitrogens with one attached hydrogen (secondary N) is 1. The molecule has 4 aliphatic rings. The molecule has 4 fully saturated rings. The van der Waals surface area contributed by atoms with E-state index < -0.39 is 28.1 Å². The lowest BCUT2D eigenvalue weighted by Crippen LogP contribution is -2.62. The molecule has 1 unspecified atom stereocenters. The number of hydrogen-bond acceptors (Lipinski definition) is 6. The van der Waals surface area contributed by atoms with Crippen LogP contribution in [0.1, 0.15) is 78.6 Å². The Hall–Kier alpha value is -0.780. The van der Waals surface area contributed by atoms with Gasteiger partial charge < -0.3 is 26.1 Å². The van der Waals surface area contributed by atoms with E-state index in [9.17, 15) is 28.5 Å². The Morgan fingerprint density at radius 2 is 1.75 bits per heavy atom. The van der Waals surface area contributed by atoms with Crippen molar-refractivity contribution in [2.45, 2.75) is 96.9 Å². The second-order valence-corrected chi connectivity index (χ2v) is 14.2. The molecule has 9 nitrogen and oxygen atoms in total. The normalized spacial score (nSPS) is 45.0. The summed E-state index contributed by atoms with van der Waals surface area (Å²) in [5.74, 6) is 0.705. The molecule has 210 valence electrons. The summed E-state index contributed by atoms with van der Waals surface area (Å²) in [5.41, 5.74) is -0.254. The van der Waals surface area contributed by atoms with Crippen molar-refractivity contribution in [1.29, 1.82) is 0 Å². The summed E-state index contributed by atoms with van der Waals surface area (Å²) in [5, 5.41) is 35.8. The van der Waals surface area contributed by atoms with Crippen LogP contribution in [-0.4, -0.2) is 70.3 Å². The number of aliphatic hydroxyl groups excluding tert-OH is 3. The largest absolute Gasteiger partial charge is 0.412 e. The SMILES string of the molecule is C[C@H](CCC(=O)NCCS(=O)(=O)O)[C@H]1CC[C@H]2[C@@H]3[C@H](O)CC4C[C@H](O)CC[C@]4(C)[C@H]3C[C@H](O)[C@]12C.O. The van der Waals surface area contributed by atoms with Crippen molar-refractivity contribution in [2.24, 2.45) is 46.3 Å². The first-order valence-electron chi connectivity index (χ1n) is 13.5. The molecule has 7 N–H and O–H groups in total. The maximum Gasteiger partial charge on any atom is 0.266 e. The number of hydrogen-bond donors (Lipinski definition) is 5. The van der Waals surface area contributed by atoms with Crippen LogP contribution in [0.15, 0.2) is 0 Å². The van der Waals surface area contributed by atoms with Crippen molar-refractivity contribution in [1.82, 2.24) is 5.32 Å². The molecule has 0 aromatic rings. The van der Waals surface area contributed by atoms with Crippen LogP contribution < -0.4 is 5.32 Å². The molecule has 0 aromatic carbocycles. The van der Waals surface area contributed by atoms with Crippen molar-refractivity contribution in [3.8, 4) is 0 Å². The summed E-state index contributed by atoms with van der Waals surface area (Å²) in [4.78, 5) is 12.2. The van der Waals surface area contributed by atoms with Gasteiger partial charge in [0.25, 0.3) is 10.1 Å². The van der Waals surface area contributed by atoms with E-state index in [1.54, 1.807) is 0 Å². The second-order valence-electron chi connectivity index (χ2n) is 12.7. The molecule has 0 aliphatic heterocycles. The van der Waals surface area contributed by atoms with Gasteiger partial charge in [-0.1, -0.05) is 20.8 Å². The summed E-state index contributed by atoms with van der Waals surface area (Å²) in [7, 11) is -4.10. The number of aliphatic hydroxyl groups is 3. The van der Waals surface area contributed by atoms with E-state index in [0.29, 0.717) is 18.8 Å². The summed E-state index contributed by atoms with van der Waals surface area (Å²) < 4.78 is 30.5. The van der Waals surface area contributed by atoms with E-state index in [4.69, 9.17) is 4.55 Å². The first-order valence-corrected chi connectivity index (χ1v) is 15.1. The fraction of sp³-hybridized carbons (Fsp3) is 0.962. The molecule has 4 saturated carbocycles. The molecule has 0 saturated heterocycles. The van der Waals surface area contributed by atoms with E-state index in [1.807, 2.05) is 0 Å². The van der Waals surface area contributed by atoms with Gasteiger partial charge in [-0.3, -0.25) is 9.35 Å². The minimum absolute atomic E-state index is 0. The fourth-order valence-electron chi connectivity index (χ4n) is 9.10. The predicted molar refractivity (Wildman–Crippen MR) is 135 cm³/mol. The molecule has 0 spiro atoms. The second kappa shape index (κ2) is 10.8. The van der Waals surface area contributed by atoms with Crippen LogP contribution >= 0.6 is 0 Å². The molecule has 0 radical (unpaired) electrons. The maximum absolute atomic E-state index is 12.2. The topological polar surface area (TPSA) is 176 Å². The van der Waals surface area contributed by atoms with E-state index in [1.165, 1.54) is 0 Å². The molecule has 4 aliphatic carbocycles. The van der Waals surface area contributed by atoms with E-state index in [-0.39, 0.29) is 70.9 Å². The van der Waals surface area contributed by atoms with Crippen molar-refractivity contribution >= 4 is 16.0 Å². The number of fused-ring (bicyclic) bond motifs is 5. The van der Waals surface area contributed by atoms with E-state index >= 15 is 0 Å². The average Bonchev–Trinajstić information content (AvgIpc) is 3.12. The molecule has 0 bridgehead atoms. The van der Waals surface area contributed by atoms with Crippen molar-refractivity contribution in [3.05, 3.63) is 0 Å². The number of amides is 1. The number of rotatable bonds is 7. The third-order valence-corrected chi connectivity index (χ3v) is 11.7. The van der Waals surface area contributed by atoms with Gasteiger partial charge in [0.15, 0.2) is 0 Å². The van der Waals surface area contributed by atoms with Gasteiger partial charge in [0.1, 0.15) is 0 Å². The number of carbonyl (C=O) groups is 1. The maximum atomic E-state index is 12.2. The van der Waals surface area contributed by atoms with Crippen LogP contribution in [0.5, 0.6) is 0 Å². The molecule has 0 aromatic heterocycles. The molecule has 11 atom stereocenters. The standard InChI is InChI=1S/C26H45NO7S.H2O/c1-15(4-7-23(31)27-10-11-35(32,33)34)18-5-6-19-24-20(14-22(30)26(18,19)3)25(2)9-8-17(28)12-16(25)13-21(24)29;/h15-22,24,28-30H,4-14H2,1-3H3,(H,27,31)(H,32,33,34);1H2/t15-,16?,17-,18-,19+,20+,21-,22+,24+,25+,26-;/m1./s1. The molecule has 1 amide bonds. The predicted octanol–water partition coefficient (Wildman–Crippen LogP) is 1.54. The molecule has 10 heteroatoms. The van der Waals surface area contributed by atoms with Gasteiger partial charge in [-0.05, 0) is 97.7 Å². The Balaban J connectivity index is 0.00000361. The van der Waals surface area contributed by atoms with Gasteiger partial charge in [-0.15, -0.1) is 0 Å². The van der Waals surface area contributed by atoms with Gasteiger partial charge in [0.2, 0.25) is 5.91 Å². The van der Waals surface area contributed by atoms with E-state index in [0.717, 1.165) is 38.5 Å². The van der Waals surface area contributed by atoms with Crippen LogP contribution in [0.4, 0.5) is 0 Å². The first-order chi connectivity index (χ1) is 16.3. The van der Waals surface area contributed by atoms with Crippen molar-refractivity contribution in [2.75, 3.05) is 12.3 Å². The van der Waals surface area contributed by atoms with Crippen LogP contribution in [-0.2, 0) is 14.9 Å². The van der Waals surface area contributed by atoms with Crippen LogP contribution in [0.25, 0.3) is 0 Å². The lowest BCUT2D eigenvalue weighted by molar-refractivity contribution is -0.207. The third-order valence-electron chi connectivity index (χ3n) is 11.0. The van der Waals surface area contributed by atoms with Crippen LogP contribution in [0.2, 0.25) is 0 Å². The smallest absolute Gasteiger partial charge is 0.266 e. The summed E-state index contributed by atoms with van der Waals surface area (Å²) in [6.45, 7) is 6.56. The van der Waals surface area contributed by atoms with Gasteiger partial charge >= 0.3 is 0 Å². The zero-order valence-corrected chi connectivity index (χ0v) is 22.7. The Morgan fingerprint density at radius 3 is 2.42 bits per heavy atom. The monoisotopic (exact) mass is 533 g/mol. The first kappa shape index (κ1) is 29.8. The molecule has 0 heterocycles. The molecule has 36 heavy (non-hydrogen) atoms. The van der Waals surface area contributed by atoms with E-state index in [2.05, 4.69) is 26.1 Å². The summed E-state index contributed by atoms with van der Waals surface area (Å²) in [6, 6.07) is 0. The minimum atomic E-state index is -4.10. The lowest BCUT2D eigenvalue weighted by atomic mass is 9.43. The van der Waals surface area contributed by atoms with Gasteiger partial charge in [-0.25, -0.2) is 0 Å². The highest BCUT2D eigenvalue weighted by Crippen LogP contribution is 2.68. The Morgan fingerprint density at radius 1 is 1.06 bits per heavy atom. The van der Waals surface area contributed by atoms with Crippen LogP contribution in [0, 0.1) is 46.3 Å². The van der Waals surface area contributed by atoms with Gasteiger partial charge in [0, 0.05) is 13.0 Å². The molecule has 4 rings (SSSR count). The van der Waals surface area contributed by atoms with Gasteiger partial charge in [0.05, 0.1) is 24.1 Å². The number of carbonyl (C=O) groups excluding carboxylic acids is 1. The Labute approximate surface area is 215 Å². The summed E-state index contributed by atoms with van der Waals surface area (Å²) in [6.07, 6.45) is 5.67. The molecular formula is C26H47NO8S. The highest BCUT2D eigenvalue weighted by Gasteiger charge is 2.65. The summed E-state index contributed by atoms with van der Waals surface area (Å²) >= 11 is 0. The van der Waals surface area contributed by atoms with Crippen molar-refractivity contribution in [3.63, 3.8) is 0 Å². The van der Waals surface area contributed by atoms with Gasteiger partial charge in [-0.2, -0.15) is 8.42 Å². The minimum Gasteiger partial charge on any atom is -0.412 e. The van der Waals surface area contributed by atoms with Crippen LogP contribution in [0.3, 0.4) is 0 Å². The third kappa shape index (κ3) is 5.36. The highest BCUT2D eigenvalue weighted by atomic mass is 32.2. The fourth-order valence-corrected chi connectivity index (χ4v) is 9.46. The highest BCUT2D eigenvalue weighted by molar-refractivity contribution is 7.85. The Bertz CT molecular complexity index is 898. The Kier molecular flexibility index (Phi) is 8.91. The van der Waals surface area contributed by atoms with Crippen molar-refractivity contribution < 1.29 is 38.6 Å².